The predicted octanol–water partition coefficient (Wildman–Crippen LogP) is 0.224. The Morgan fingerprint density at radius 1 is 1.32 bits per heavy atom. The van der Waals surface area contributed by atoms with E-state index in [2.05, 4.69) is 15.5 Å². The molecular weight excluding hydrogens is 389 g/mol. The first kappa shape index (κ1) is 24.9. The molecule has 7 nitrogen and oxygen atoms in total. The molecule has 2 aliphatic rings. The molecule has 25 heavy (non-hydrogen) atoms. The SMILES string of the molecule is COCCN1CCCC1CNC(=O)C1(S(C)(=O)=O)CCNCC1.Cl.Cl. The molecule has 2 N–H and O–H groups in total. The second-order valence-electron chi connectivity index (χ2n) is 6.55. The van der Waals surface area contributed by atoms with E-state index in [4.69, 9.17) is 4.74 Å². The summed E-state index contributed by atoms with van der Waals surface area (Å²) in [5, 5.41) is 6.05. The minimum absolute atomic E-state index is 0. The Kier molecular flexibility index (Phi) is 10.8. The average molecular weight is 420 g/mol. The van der Waals surface area contributed by atoms with Crippen LogP contribution in [0.4, 0.5) is 0 Å². The molecule has 0 aromatic heterocycles. The lowest BCUT2D eigenvalue weighted by molar-refractivity contribution is -0.124. The second-order valence-corrected chi connectivity index (χ2v) is 8.88. The number of piperidine rings is 1. The number of carbonyl (C=O) groups is 1. The zero-order valence-corrected chi connectivity index (χ0v) is 17.4. The third kappa shape index (κ3) is 5.94. The lowest BCUT2D eigenvalue weighted by Crippen LogP contribution is -2.58. The van der Waals surface area contributed by atoms with E-state index < -0.39 is 14.6 Å². The van der Waals surface area contributed by atoms with Gasteiger partial charge in [-0.2, -0.15) is 0 Å². The van der Waals surface area contributed by atoms with E-state index in [1.807, 2.05) is 0 Å². The lowest BCUT2D eigenvalue weighted by Gasteiger charge is -2.35. The van der Waals surface area contributed by atoms with Crippen molar-refractivity contribution in [2.75, 3.05) is 52.7 Å². The zero-order chi connectivity index (χ0) is 16.9. The minimum atomic E-state index is -3.45. The normalized spacial score (nSPS) is 23.4. The zero-order valence-electron chi connectivity index (χ0n) is 15.0. The molecule has 1 unspecified atom stereocenters. The van der Waals surface area contributed by atoms with Gasteiger partial charge >= 0.3 is 0 Å². The molecule has 1 amide bonds. The van der Waals surface area contributed by atoms with Gasteiger partial charge in [-0.3, -0.25) is 9.69 Å². The maximum Gasteiger partial charge on any atom is 0.241 e. The van der Waals surface area contributed by atoms with Crippen LogP contribution in [0.5, 0.6) is 0 Å². The van der Waals surface area contributed by atoms with Crippen molar-refractivity contribution >= 4 is 40.6 Å². The molecule has 2 aliphatic heterocycles. The smallest absolute Gasteiger partial charge is 0.241 e. The predicted molar refractivity (Wildman–Crippen MR) is 104 cm³/mol. The molecule has 2 heterocycles. The topological polar surface area (TPSA) is 87.7 Å². The molecule has 0 spiro atoms. The molecule has 2 saturated heterocycles. The number of hydrogen-bond acceptors (Lipinski definition) is 6. The van der Waals surface area contributed by atoms with Crippen LogP contribution in [-0.4, -0.2) is 82.7 Å². The van der Waals surface area contributed by atoms with Gasteiger partial charge in [0.05, 0.1) is 6.61 Å². The van der Waals surface area contributed by atoms with Crippen LogP contribution in [-0.2, 0) is 19.4 Å². The van der Waals surface area contributed by atoms with E-state index in [-0.39, 0.29) is 36.8 Å². The van der Waals surface area contributed by atoms with Crippen molar-refractivity contribution < 1.29 is 17.9 Å². The minimum Gasteiger partial charge on any atom is -0.383 e. The highest BCUT2D eigenvalue weighted by molar-refractivity contribution is 7.92. The van der Waals surface area contributed by atoms with Gasteiger partial charge in [0.1, 0.15) is 0 Å². The van der Waals surface area contributed by atoms with Gasteiger partial charge in [0.15, 0.2) is 14.6 Å². The average Bonchev–Trinajstić information content (AvgIpc) is 2.97. The summed E-state index contributed by atoms with van der Waals surface area (Å²) in [4.78, 5) is 15.0. The van der Waals surface area contributed by atoms with Gasteiger partial charge in [-0.1, -0.05) is 0 Å². The molecule has 150 valence electrons. The number of rotatable bonds is 7. The van der Waals surface area contributed by atoms with Crippen molar-refractivity contribution in [3.63, 3.8) is 0 Å². The van der Waals surface area contributed by atoms with E-state index in [1.165, 1.54) is 6.26 Å². The summed E-state index contributed by atoms with van der Waals surface area (Å²) in [7, 11) is -1.77. The first-order valence-corrected chi connectivity index (χ1v) is 10.2. The highest BCUT2D eigenvalue weighted by Gasteiger charge is 2.48. The second kappa shape index (κ2) is 10.9. The number of sulfone groups is 1. The molecule has 0 aliphatic carbocycles. The van der Waals surface area contributed by atoms with Crippen LogP contribution in [0.15, 0.2) is 0 Å². The third-order valence-electron chi connectivity index (χ3n) is 5.11. The van der Waals surface area contributed by atoms with Crippen LogP contribution >= 0.6 is 24.8 Å². The van der Waals surface area contributed by atoms with Crippen molar-refractivity contribution in [2.24, 2.45) is 0 Å². The lowest BCUT2D eigenvalue weighted by atomic mass is 9.95. The first-order chi connectivity index (χ1) is 10.9. The number of amides is 1. The van der Waals surface area contributed by atoms with E-state index in [9.17, 15) is 13.2 Å². The van der Waals surface area contributed by atoms with Crippen LogP contribution in [0.1, 0.15) is 25.7 Å². The first-order valence-electron chi connectivity index (χ1n) is 8.32. The summed E-state index contributed by atoms with van der Waals surface area (Å²) in [6.07, 6.45) is 3.99. The van der Waals surface area contributed by atoms with Crippen molar-refractivity contribution in [1.29, 1.82) is 0 Å². The highest BCUT2D eigenvalue weighted by Crippen LogP contribution is 2.28. The molecule has 2 fully saturated rings. The number of ether oxygens (including phenoxy) is 1. The summed E-state index contributed by atoms with van der Waals surface area (Å²) in [5.41, 5.74) is 0. The molecule has 0 aromatic carbocycles. The summed E-state index contributed by atoms with van der Waals surface area (Å²) in [5.74, 6) is -0.333. The van der Waals surface area contributed by atoms with Crippen molar-refractivity contribution in [2.45, 2.75) is 36.5 Å². The molecule has 10 heteroatoms. The van der Waals surface area contributed by atoms with Gasteiger partial charge in [-0.25, -0.2) is 8.42 Å². The number of nitrogens with one attached hydrogen (secondary N) is 2. The van der Waals surface area contributed by atoms with Crippen LogP contribution in [0.2, 0.25) is 0 Å². The fraction of sp³-hybridized carbons (Fsp3) is 0.933. The molecule has 2 rings (SSSR count). The standard InChI is InChI=1S/C15H29N3O4S.2ClH/c1-22-11-10-18-9-3-4-13(18)12-17-14(19)15(23(2,20)21)5-7-16-8-6-15;;/h13,16H,3-12H2,1-2H3,(H,17,19);2*1H. The monoisotopic (exact) mass is 419 g/mol. The number of nitrogens with zero attached hydrogens (tertiary/aromatic N) is 1. The van der Waals surface area contributed by atoms with Crippen molar-refractivity contribution in [1.82, 2.24) is 15.5 Å². The fourth-order valence-electron chi connectivity index (χ4n) is 3.60. The van der Waals surface area contributed by atoms with Gasteiger partial charge in [0, 0.05) is 32.5 Å². The number of methoxy groups -OCH3 is 1. The Morgan fingerprint density at radius 2 is 1.96 bits per heavy atom. The van der Waals surface area contributed by atoms with Gasteiger partial charge in [0.2, 0.25) is 5.91 Å². The molecular formula is C15H31Cl2N3O4S. The Balaban J connectivity index is 0.00000288. The number of carbonyl (C=O) groups excluding carboxylic acids is 1. The third-order valence-corrected chi connectivity index (χ3v) is 7.13. The van der Waals surface area contributed by atoms with Gasteiger partial charge in [-0.15, -0.1) is 24.8 Å². The Morgan fingerprint density at radius 3 is 2.52 bits per heavy atom. The number of halogens is 2. The number of hydrogen-bond donors (Lipinski definition) is 2. The summed E-state index contributed by atoms with van der Waals surface area (Å²) in [6.45, 7) is 4.15. The van der Waals surface area contributed by atoms with Crippen LogP contribution in [0.3, 0.4) is 0 Å². The van der Waals surface area contributed by atoms with Crippen LogP contribution in [0, 0.1) is 0 Å². The summed E-state index contributed by atoms with van der Waals surface area (Å²) >= 11 is 0. The fourth-order valence-corrected chi connectivity index (χ4v) is 4.95. The number of likely N-dealkylation sites (tertiary alicyclic amines) is 1. The highest BCUT2D eigenvalue weighted by atomic mass is 35.5. The van der Waals surface area contributed by atoms with Crippen LogP contribution < -0.4 is 10.6 Å². The largest absolute Gasteiger partial charge is 0.383 e. The Hall–Kier alpha value is -0.120. The maximum atomic E-state index is 12.7. The Bertz CT molecular complexity index is 513. The molecule has 0 radical (unpaired) electrons. The van der Waals surface area contributed by atoms with Crippen molar-refractivity contribution in [3.05, 3.63) is 0 Å². The Labute approximate surface area is 163 Å². The molecule has 0 bridgehead atoms. The quantitative estimate of drug-likeness (QED) is 0.613. The van der Waals surface area contributed by atoms with E-state index in [0.717, 1.165) is 25.9 Å². The molecule has 0 aromatic rings. The van der Waals surface area contributed by atoms with E-state index in [1.54, 1.807) is 7.11 Å². The van der Waals surface area contributed by atoms with E-state index >= 15 is 0 Å². The van der Waals surface area contributed by atoms with E-state index in [0.29, 0.717) is 39.1 Å². The van der Waals surface area contributed by atoms with Crippen molar-refractivity contribution in [3.8, 4) is 0 Å². The summed E-state index contributed by atoms with van der Waals surface area (Å²) < 4.78 is 28.3. The van der Waals surface area contributed by atoms with Gasteiger partial charge in [0.25, 0.3) is 0 Å². The molecule has 1 atom stereocenters. The molecule has 0 saturated carbocycles. The van der Waals surface area contributed by atoms with Gasteiger partial charge < -0.3 is 15.4 Å². The van der Waals surface area contributed by atoms with Gasteiger partial charge in [-0.05, 0) is 45.3 Å². The maximum absolute atomic E-state index is 12.7. The summed E-state index contributed by atoms with van der Waals surface area (Å²) in [6, 6.07) is 0.271. The van der Waals surface area contributed by atoms with Crippen LogP contribution in [0.25, 0.3) is 0 Å².